The lowest BCUT2D eigenvalue weighted by Gasteiger charge is -2.50. The van der Waals surface area contributed by atoms with E-state index in [9.17, 15) is 5.02 Å². The number of imidazole rings is 1. The first-order chi connectivity index (χ1) is 17.0. The number of aromatic nitrogens is 5. The summed E-state index contributed by atoms with van der Waals surface area (Å²) >= 11 is 0. The van der Waals surface area contributed by atoms with E-state index in [4.69, 9.17) is 14.2 Å². The number of fused-ring (bicyclic) bond motifs is 2. The Labute approximate surface area is 203 Å². The first-order valence-corrected chi connectivity index (χ1v) is 11.8. The molecule has 4 heterocycles. The standard InChI is InChI=1S/C23H28BFN6O4/c1-24(32)31-16-4-3-5-19(31)22(25)21(11-16)35-23-27-12-18(28-29-23)17-7-6-15(30-9-8-26-13-30)10-20(17)34-14-33-2/h6-10,12-13,16,19,21-22,32H,3-5,11,14H2,1-2H3/t16?,19?,21-,22+/m0/s1. The lowest BCUT2D eigenvalue weighted by molar-refractivity contribution is -0.0470. The van der Waals surface area contributed by atoms with Gasteiger partial charge in [-0.3, -0.25) is 0 Å². The molecule has 12 heteroatoms. The predicted octanol–water partition coefficient (Wildman–Crippen LogP) is 2.53. The number of hydrogen-bond acceptors (Lipinski definition) is 9. The molecule has 2 aromatic heterocycles. The zero-order valence-electron chi connectivity index (χ0n) is 19.7. The number of halogens is 1. The van der Waals surface area contributed by atoms with Crippen LogP contribution < -0.4 is 9.47 Å². The molecule has 3 aromatic rings. The van der Waals surface area contributed by atoms with Gasteiger partial charge in [-0.2, -0.15) is 0 Å². The van der Waals surface area contributed by atoms with Crippen LogP contribution in [0.5, 0.6) is 11.8 Å². The molecule has 35 heavy (non-hydrogen) atoms. The quantitative estimate of drug-likeness (QED) is 0.383. The Morgan fingerprint density at radius 2 is 2.14 bits per heavy atom. The Bertz CT molecular complexity index is 1120. The van der Waals surface area contributed by atoms with Crippen LogP contribution in [0.4, 0.5) is 4.39 Å². The van der Waals surface area contributed by atoms with E-state index >= 15 is 4.39 Å². The first-order valence-electron chi connectivity index (χ1n) is 11.8. The van der Waals surface area contributed by atoms with Crippen molar-refractivity contribution in [2.75, 3.05) is 13.9 Å². The van der Waals surface area contributed by atoms with E-state index in [0.29, 0.717) is 29.8 Å². The van der Waals surface area contributed by atoms with E-state index < -0.39 is 19.3 Å². The smallest absolute Gasteiger partial charge is 0.376 e. The van der Waals surface area contributed by atoms with Crippen molar-refractivity contribution in [1.29, 1.82) is 0 Å². The van der Waals surface area contributed by atoms with Gasteiger partial charge in [-0.25, -0.2) is 14.4 Å². The second-order valence-corrected chi connectivity index (χ2v) is 8.89. The molecule has 2 bridgehead atoms. The third-order valence-electron chi connectivity index (χ3n) is 6.67. The molecule has 2 aliphatic rings. The number of piperidine rings is 2. The number of rotatable bonds is 8. The summed E-state index contributed by atoms with van der Waals surface area (Å²) in [7, 11) is 0.863. The van der Waals surface area contributed by atoms with Gasteiger partial charge in [-0.1, -0.05) is 11.5 Å². The molecule has 184 valence electrons. The van der Waals surface area contributed by atoms with E-state index in [1.807, 2.05) is 33.8 Å². The fourth-order valence-electron chi connectivity index (χ4n) is 5.15. The molecule has 0 radical (unpaired) electrons. The molecule has 0 aliphatic carbocycles. The topological polar surface area (TPSA) is 108 Å². The summed E-state index contributed by atoms with van der Waals surface area (Å²) in [5.74, 6) is 0.546. The zero-order chi connectivity index (χ0) is 24.4. The van der Waals surface area contributed by atoms with E-state index in [2.05, 4.69) is 20.2 Å². The molecule has 1 N–H and O–H groups in total. The lowest BCUT2D eigenvalue weighted by Crippen LogP contribution is -2.64. The highest BCUT2D eigenvalue weighted by molar-refractivity contribution is 6.45. The third kappa shape index (κ3) is 4.86. The van der Waals surface area contributed by atoms with Crippen LogP contribution in [0.25, 0.3) is 16.9 Å². The van der Waals surface area contributed by atoms with Gasteiger partial charge in [-0.15, -0.1) is 5.10 Å². The molecule has 0 saturated carbocycles. The van der Waals surface area contributed by atoms with Crippen molar-refractivity contribution < 1.29 is 23.6 Å². The molecule has 0 spiro atoms. The van der Waals surface area contributed by atoms with Crippen LogP contribution in [0.3, 0.4) is 0 Å². The summed E-state index contributed by atoms with van der Waals surface area (Å²) in [4.78, 5) is 10.3. The number of hydrogen-bond donors (Lipinski definition) is 1. The van der Waals surface area contributed by atoms with Crippen molar-refractivity contribution in [3.63, 3.8) is 0 Å². The number of methoxy groups -OCH3 is 1. The second kappa shape index (κ2) is 10.3. The molecule has 10 nitrogen and oxygen atoms in total. The average Bonchev–Trinajstić information content (AvgIpc) is 3.41. The van der Waals surface area contributed by atoms with Gasteiger partial charge >= 0.3 is 13.1 Å². The second-order valence-electron chi connectivity index (χ2n) is 8.89. The Kier molecular flexibility index (Phi) is 6.94. The minimum absolute atomic E-state index is 0.0272. The number of ether oxygens (including phenoxy) is 3. The van der Waals surface area contributed by atoms with Crippen molar-refractivity contribution in [2.24, 2.45) is 0 Å². The minimum atomic E-state index is -1.24. The van der Waals surface area contributed by atoms with Crippen LogP contribution >= 0.6 is 0 Å². The SMILES string of the molecule is COCOc1cc(-n2ccnc2)ccc1-c1cnc(O[C@H]2CC3CCCC([C@H]2F)N3B(C)O)nn1. The van der Waals surface area contributed by atoms with Crippen LogP contribution in [0.2, 0.25) is 6.82 Å². The van der Waals surface area contributed by atoms with Crippen LogP contribution in [0, 0.1) is 0 Å². The van der Waals surface area contributed by atoms with Crippen LogP contribution in [-0.2, 0) is 4.74 Å². The Hall–Kier alpha value is -3.09. The van der Waals surface area contributed by atoms with E-state index in [-0.39, 0.29) is 24.9 Å². The molecule has 1 aromatic carbocycles. The van der Waals surface area contributed by atoms with Gasteiger partial charge in [0.05, 0.1) is 18.2 Å². The number of nitrogens with zero attached hydrogens (tertiary/aromatic N) is 6. The summed E-state index contributed by atoms with van der Waals surface area (Å²) in [5.41, 5.74) is 2.03. The van der Waals surface area contributed by atoms with Crippen molar-refractivity contribution in [3.05, 3.63) is 43.1 Å². The van der Waals surface area contributed by atoms with Gasteiger partial charge in [0.2, 0.25) is 0 Å². The summed E-state index contributed by atoms with van der Waals surface area (Å²) in [6.07, 6.45) is 7.86. The molecule has 5 rings (SSSR count). The molecular formula is C23H28BFN6O4. The molecule has 2 aliphatic heterocycles. The highest BCUT2D eigenvalue weighted by atomic mass is 19.1. The Balaban J connectivity index is 1.34. The van der Waals surface area contributed by atoms with Crippen LogP contribution in [-0.4, -0.2) is 79.9 Å². The summed E-state index contributed by atoms with van der Waals surface area (Å²) in [6.45, 7) is 1.76. The monoisotopic (exact) mass is 482 g/mol. The van der Waals surface area contributed by atoms with Gasteiger partial charge in [0.1, 0.15) is 17.5 Å². The summed E-state index contributed by atoms with van der Waals surface area (Å²) in [6, 6.07) is 5.35. The lowest BCUT2D eigenvalue weighted by atomic mass is 9.71. The molecule has 0 amide bonds. The fraction of sp³-hybridized carbons (Fsp3) is 0.478. The van der Waals surface area contributed by atoms with Gasteiger partial charge in [0.25, 0.3) is 0 Å². The largest absolute Gasteiger partial charge is 0.467 e. The maximum Gasteiger partial charge on any atom is 0.376 e. The van der Waals surface area contributed by atoms with E-state index in [1.165, 1.54) is 6.20 Å². The van der Waals surface area contributed by atoms with E-state index in [1.54, 1.807) is 26.5 Å². The van der Waals surface area contributed by atoms with E-state index in [0.717, 1.165) is 18.5 Å². The first kappa shape index (κ1) is 23.6. The fourth-order valence-corrected chi connectivity index (χ4v) is 5.15. The summed E-state index contributed by atoms with van der Waals surface area (Å²) < 4.78 is 33.8. The van der Waals surface area contributed by atoms with Gasteiger partial charge < -0.3 is 28.6 Å². The minimum Gasteiger partial charge on any atom is -0.467 e. The zero-order valence-corrected chi connectivity index (χ0v) is 19.7. The van der Waals surface area contributed by atoms with Crippen LogP contribution in [0.15, 0.2) is 43.1 Å². The maximum absolute atomic E-state index is 15.3. The van der Waals surface area contributed by atoms with Gasteiger partial charge in [-0.05, 0) is 31.8 Å². The Morgan fingerprint density at radius 1 is 1.26 bits per heavy atom. The van der Waals surface area contributed by atoms with Crippen molar-refractivity contribution in [2.45, 2.75) is 56.9 Å². The third-order valence-corrected chi connectivity index (χ3v) is 6.67. The summed E-state index contributed by atoms with van der Waals surface area (Å²) in [5, 5.41) is 18.5. The highest BCUT2D eigenvalue weighted by Crippen LogP contribution is 2.37. The number of benzene rings is 1. The maximum atomic E-state index is 15.3. The van der Waals surface area contributed by atoms with Crippen molar-refractivity contribution in [1.82, 2.24) is 29.5 Å². The molecule has 2 saturated heterocycles. The Morgan fingerprint density at radius 3 is 2.86 bits per heavy atom. The van der Waals surface area contributed by atoms with Gasteiger partial charge in [0.15, 0.2) is 13.0 Å². The normalized spacial score (nSPS) is 24.2. The van der Waals surface area contributed by atoms with Crippen molar-refractivity contribution in [3.8, 4) is 28.7 Å². The average molecular weight is 482 g/mol. The van der Waals surface area contributed by atoms with Gasteiger partial charge in [0, 0.05) is 49.6 Å². The molecular weight excluding hydrogens is 454 g/mol. The molecule has 2 unspecified atom stereocenters. The van der Waals surface area contributed by atoms with Crippen LogP contribution in [0.1, 0.15) is 25.7 Å². The number of alkyl halides is 1. The highest BCUT2D eigenvalue weighted by Gasteiger charge is 2.48. The molecule has 2 fully saturated rings. The van der Waals surface area contributed by atoms with Crippen molar-refractivity contribution >= 4 is 7.05 Å². The predicted molar refractivity (Wildman–Crippen MR) is 126 cm³/mol. The molecule has 4 atom stereocenters.